The van der Waals surface area contributed by atoms with Crippen molar-refractivity contribution in [3.63, 3.8) is 0 Å². The summed E-state index contributed by atoms with van der Waals surface area (Å²) in [6.07, 6.45) is 0.465. The van der Waals surface area contributed by atoms with Gasteiger partial charge in [0.2, 0.25) is 10.0 Å². The van der Waals surface area contributed by atoms with Gasteiger partial charge in [0.25, 0.3) is 0 Å². The van der Waals surface area contributed by atoms with Gasteiger partial charge in [-0.25, -0.2) is 8.42 Å². The fraction of sp³-hybridized carbons (Fsp3) is 1.00. The van der Waals surface area contributed by atoms with Crippen LogP contribution in [0.3, 0.4) is 0 Å². The third-order valence-corrected chi connectivity index (χ3v) is 4.93. The number of halogens is 1. The molecule has 0 bridgehead atoms. The van der Waals surface area contributed by atoms with Gasteiger partial charge in [0.1, 0.15) is 0 Å². The SMILES string of the molecule is CCCS(=O)(=O)N1CC(CCl)OCC1C. The first-order valence-electron chi connectivity index (χ1n) is 5.18. The molecular weight excluding hydrogens is 238 g/mol. The van der Waals surface area contributed by atoms with Crippen molar-refractivity contribution in [3.05, 3.63) is 0 Å². The first-order valence-corrected chi connectivity index (χ1v) is 7.32. The first-order chi connectivity index (χ1) is 7.01. The van der Waals surface area contributed by atoms with Gasteiger partial charge in [-0.15, -0.1) is 11.6 Å². The Hall–Kier alpha value is 0.160. The summed E-state index contributed by atoms with van der Waals surface area (Å²) in [4.78, 5) is 0. The molecule has 2 atom stereocenters. The Bertz CT molecular complexity index is 294. The monoisotopic (exact) mass is 255 g/mol. The van der Waals surface area contributed by atoms with Crippen molar-refractivity contribution in [2.75, 3.05) is 24.8 Å². The quantitative estimate of drug-likeness (QED) is 0.706. The molecule has 0 N–H and O–H groups in total. The minimum absolute atomic E-state index is 0.0824. The number of ether oxygens (including phenoxy) is 1. The standard InChI is InChI=1S/C9H18ClNO3S/c1-3-4-15(12,13)11-6-9(5-10)14-7-8(11)2/h8-9H,3-7H2,1-2H3. The number of sulfonamides is 1. The van der Waals surface area contributed by atoms with E-state index < -0.39 is 10.0 Å². The molecule has 1 rings (SSSR count). The average molecular weight is 256 g/mol. The Morgan fingerprint density at radius 3 is 2.73 bits per heavy atom. The van der Waals surface area contributed by atoms with Crippen LogP contribution in [0.4, 0.5) is 0 Å². The number of morpholine rings is 1. The van der Waals surface area contributed by atoms with E-state index in [1.54, 1.807) is 0 Å². The first kappa shape index (κ1) is 13.2. The second-order valence-electron chi connectivity index (χ2n) is 3.84. The maximum absolute atomic E-state index is 11.9. The summed E-state index contributed by atoms with van der Waals surface area (Å²) in [6, 6.07) is -0.0824. The fourth-order valence-corrected chi connectivity index (χ4v) is 3.59. The van der Waals surface area contributed by atoms with Gasteiger partial charge in [0.05, 0.1) is 18.5 Å². The number of nitrogens with zero attached hydrogens (tertiary/aromatic N) is 1. The molecule has 0 aromatic carbocycles. The molecule has 1 aliphatic heterocycles. The van der Waals surface area contributed by atoms with Crippen LogP contribution in [0, 0.1) is 0 Å². The number of alkyl halides is 1. The van der Waals surface area contributed by atoms with Crippen molar-refractivity contribution in [2.24, 2.45) is 0 Å². The minimum Gasteiger partial charge on any atom is -0.374 e. The topological polar surface area (TPSA) is 46.6 Å². The molecule has 0 radical (unpaired) electrons. The van der Waals surface area contributed by atoms with Gasteiger partial charge in [-0.1, -0.05) is 6.92 Å². The lowest BCUT2D eigenvalue weighted by atomic mass is 10.2. The lowest BCUT2D eigenvalue weighted by Crippen LogP contribution is -2.52. The van der Waals surface area contributed by atoms with Crippen molar-refractivity contribution < 1.29 is 13.2 Å². The third-order valence-electron chi connectivity index (χ3n) is 2.44. The van der Waals surface area contributed by atoms with Crippen LogP contribution in [-0.4, -0.2) is 49.7 Å². The summed E-state index contributed by atoms with van der Waals surface area (Å²) in [5.74, 6) is 0.539. The Balaban J connectivity index is 2.73. The molecule has 0 spiro atoms. The summed E-state index contributed by atoms with van der Waals surface area (Å²) in [5, 5.41) is 0. The molecule has 6 heteroatoms. The van der Waals surface area contributed by atoms with E-state index in [0.717, 1.165) is 0 Å². The van der Waals surface area contributed by atoms with Crippen LogP contribution in [0.5, 0.6) is 0 Å². The van der Waals surface area contributed by atoms with Crippen LogP contribution in [0.1, 0.15) is 20.3 Å². The van der Waals surface area contributed by atoms with E-state index in [-0.39, 0.29) is 17.9 Å². The van der Waals surface area contributed by atoms with Crippen molar-refractivity contribution in [1.82, 2.24) is 4.31 Å². The molecule has 1 aliphatic rings. The predicted octanol–water partition coefficient (Wildman–Crippen LogP) is 1.05. The maximum Gasteiger partial charge on any atom is 0.214 e. The third kappa shape index (κ3) is 3.31. The second-order valence-corrected chi connectivity index (χ2v) is 6.19. The fourth-order valence-electron chi connectivity index (χ4n) is 1.65. The van der Waals surface area contributed by atoms with E-state index in [2.05, 4.69) is 0 Å². The van der Waals surface area contributed by atoms with Gasteiger partial charge in [0, 0.05) is 18.5 Å². The lowest BCUT2D eigenvalue weighted by molar-refractivity contribution is -0.0152. The van der Waals surface area contributed by atoms with Gasteiger partial charge in [0.15, 0.2) is 0 Å². The average Bonchev–Trinajstić information content (AvgIpc) is 2.18. The largest absolute Gasteiger partial charge is 0.374 e. The number of hydrogen-bond acceptors (Lipinski definition) is 3. The smallest absolute Gasteiger partial charge is 0.214 e. The van der Waals surface area contributed by atoms with Crippen LogP contribution in [0.25, 0.3) is 0 Å². The molecule has 0 saturated carbocycles. The van der Waals surface area contributed by atoms with Crippen LogP contribution in [0.15, 0.2) is 0 Å². The molecule has 0 aromatic rings. The highest BCUT2D eigenvalue weighted by molar-refractivity contribution is 7.89. The van der Waals surface area contributed by atoms with E-state index in [1.807, 2.05) is 13.8 Å². The Labute approximate surface area is 96.6 Å². The molecule has 1 heterocycles. The lowest BCUT2D eigenvalue weighted by Gasteiger charge is -2.36. The summed E-state index contributed by atoms with van der Waals surface area (Å²) in [7, 11) is -3.13. The van der Waals surface area contributed by atoms with Gasteiger partial charge < -0.3 is 4.74 Å². The number of rotatable bonds is 4. The highest BCUT2D eigenvalue weighted by Crippen LogP contribution is 2.17. The zero-order valence-corrected chi connectivity index (χ0v) is 10.7. The van der Waals surface area contributed by atoms with Crippen molar-refractivity contribution in [2.45, 2.75) is 32.4 Å². The van der Waals surface area contributed by atoms with Gasteiger partial charge in [-0.05, 0) is 13.3 Å². The maximum atomic E-state index is 11.9. The van der Waals surface area contributed by atoms with Crippen LogP contribution >= 0.6 is 11.6 Å². The summed E-state index contributed by atoms with van der Waals surface area (Å²) >= 11 is 5.67. The predicted molar refractivity (Wildman–Crippen MR) is 60.7 cm³/mol. The molecular formula is C9H18ClNO3S. The molecule has 90 valence electrons. The normalized spacial score (nSPS) is 29.3. The molecule has 1 fully saturated rings. The van der Waals surface area contributed by atoms with Gasteiger partial charge in [-0.2, -0.15) is 4.31 Å². The molecule has 0 amide bonds. The molecule has 15 heavy (non-hydrogen) atoms. The number of hydrogen-bond donors (Lipinski definition) is 0. The van der Waals surface area contributed by atoms with E-state index in [0.29, 0.717) is 25.5 Å². The molecule has 0 aromatic heterocycles. The minimum atomic E-state index is -3.13. The highest BCUT2D eigenvalue weighted by Gasteiger charge is 2.33. The van der Waals surface area contributed by atoms with E-state index >= 15 is 0 Å². The summed E-state index contributed by atoms with van der Waals surface area (Å²) in [5.41, 5.74) is 0. The molecule has 0 aliphatic carbocycles. The second kappa shape index (κ2) is 5.48. The van der Waals surface area contributed by atoms with Crippen molar-refractivity contribution in [1.29, 1.82) is 0 Å². The van der Waals surface area contributed by atoms with Gasteiger partial charge in [-0.3, -0.25) is 0 Å². The van der Waals surface area contributed by atoms with Crippen LogP contribution in [0.2, 0.25) is 0 Å². The molecule has 4 nitrogen and oxygen atoms in total. The Kier molecular flexibility index (Phi) is 4.83. The zero-order chi connectivity index (χ0) is 11.5. The van der Waals surface area contributed by atoms with E-state index in [1.165, 1.54) is 4.31 Å². The zero-order valence-electron chi connectivity index (χ0n) is 9.15. The van der Waals surface area contributed by atoms with E-state index in [9.17, 15) is 8.42 Å². The summed E-state index contributed by atoms with van der Waals surface area (Å²) < 4.78 is 30.7. The van der Waals surface area contributed by atoms with E-state index in [4.69, 9.17) is 16.3 Å². The van der Waals surface area contributed by atoms with Crippen molar-refractivity contribution in [3.8, 4) is 0 Å². The Morgan fingerprint density at radius 1 is 1.53 bits per heavy atom. The molecule has 1 saturated heterocycles. The van der Waals surface area contributed by atoms with Crippen LogP contribution < -0.4 is 0 Å². The molecule has 2 unspecified atom stereocenters. The summed E-state index contributed by atoms with van der Waals surface area (Å²) in [6.45, 7) is 4.53. The highest BCUT2D eigenvalue weighted by atomic mass is 35.5. The van der Waals surface area contributed by atoms with Crippen molar-refractivity contribution >= 4 is 21.6 Å². The van der Waals surface area contributed by atoms with Gasteiger partial charge >= 0.3 is 0 Å². The van der Waals surface area contributed by atoms with Crippen LogP contribution in [-0.2, 0) is 14.8 Å². The Morgan fingerprint density at radius 2 is 2.20 bits per heavy atom.